The molecule has 1 aromatic heterocycles. The number of nitrogens with one attached hydrogen (secondary N) is 2. The third-order valence-electron chi connectivity index (χ3n) is 2.92. The normalized spacial score (nSPS) is 21.4. The minimum Gasteiger partial charge on any atom is -0.374 e. The van der Waals surface area contributed by atoms with Gasteiger partial charge in [-0.15, -0.1) is 0 Å². The molecule has 6 heteroatoms. The maximum absolute atomic E-state index is 11.7. The zero-order valence-corrected chi connectivity index (χ0v) is 9.98. The molecular formula is C11H18N4O2. The van der Waals surface area contributed by atoms with Crippen LogP contribution in [0, 0.1) is 0 Å². The molecule has 1 atom stereocenters. The average Bonchev–Trinajstić information content (AvgIpc) is 2.90. The number of aromatic amines is 1. The number of rotatable bonds is 4. The van der Waals surface area contributed by atoms with E-state index >= 15 is 0 Å². The van der Waals surface area contributed by atoms with Gasteiger partial charge >= 0.3 is 0 Å². The van der Waals surface area contributed by atoms with Gasteiger partial charge in [-0.1, -0.05) is 6.92 Å². The molecule has 1 aromatic rings. The van der Waals surface area contributed by atoms with Gasteiger partial charge in [-0.2, -0.15) is 5.10 Å². The van der Waals surface area contributed by atoms with E-state index in [4.69, 9.17) is 4.74 Å². The summed E-state index contributed by atoms with van der Waals surface area (Å²) >= 11 is 0. The highest BCUT2D eigenvalue weighted by atomic mass is 16.5. The van der Waals surface area contributed by atoms with Gasteiger partial charge in [0.1, 0.15) is 0 Å². The first-order valence-corrected chi connectivity index (χ1v) is 5.90. The van der Waals surface area contributed by atoms with Crippen molar-refractivity contribution in [2.75, 3.05) is 32.8 Å². The molecule has 1 unspecified atom stereocenters. The Kier molecular flexibility index (Phi) is 4.11. The first-order valence-electron chi connectivity index (χ1n) is 5.90. The molecule has 0 spiro atoms. The van der Waals surface area contributed by atoms with Gasteiger partial charge in [0, 0.05) is 25.8 Å². The minimum absolute atomic E-state index is 0.0829. The molecule has 6 nitrogen and oxygen atoms in total. The van der Waals surface area contributed by atoms with Crippen LogP contribution in [0.15, 0.2) is 12.4 Å². The van der Waals surface area contributed by atoms with E-state index < -0.39 is 0 Å². The van der Waals surface area contributed by atoms with Crippen molar-refractivity contribution >= 4 is 5.91 Å². The fraction of sp³-hybridized carbons (Fsp3) is 0.636. The van der Waals surface area contributed by atoms with Crippen LogP contribution in [-0.4, -0.2) is 59.9 Å². The van der Waals surface area contributed by atoms with Gasteiger partial charge in [-0.05, 0) is 6.54 Å². The van der Waals surface area contributed by atoms with Crippen LogP contribution in [0.3, 0.4) is 0 Å². The summed E-state index contributed by atoms with van der Waals surface area (Å²) in [6.07, 6.45) is 3.17. The lowest BCUT2D eigenvalue weighted by atomic mass is 10.2. The molecule has 1 amide bonds. The van der Waals surface area contributed by atoms with E-state index in [1.165, 1.54) is 6.20 Å². The standard InChI is InChI=1S/C11H18N4O2/c1-2-15-3-4-17-10(8-15)7-12-11(16)9-5-13-14-6-9/h5-6,10H,2-4,7-8H2,1H3,(H,12,16)(H,13,14). The summed E-state index contributed by atoms with van der Waals surface area (Å²) < 4.78 is 5.60. The lowest BCUT2D eigenvalue weighted by molar-refractivity contribution is -0.0246. The second-order valence-corrected chi connectivity index (χ2v) is 4.08. The summed E-state index contributed by atoms with van der Waals surface area (Å²) in [6, 6.07) is 0. The van der Waals surface area contributed by atoms with Crippen molar-refractivity contribution in [3.63, 3.8) is 0 Å². The number of likely N-dealkylation sites (N-methyl/N-ethyl adjacent to an activating group) is 1. The first-order chi connectivity index (χ1) is 8.29. The van der Waals surface area contributed by atoms with Crippen molar-refractivity contribution in [3.8, 4) is 0 Å². The summed E-state index contributed by atoms with van der Waals surface area (Å²) in [5, 5.41) is 9.20. The number of ether oxygens (including phenoxy) is 1. The molecule has 0 saturated carbocycles. The minimum atomic E-state index is -0.115. The fourth-order valence-corrected chi connectivity index (χ4v) is 1.87. The largest absolute Gasteiger partial charge is 0.374 e. The van der Waals surface area contributed by atoms with E-state index in [-0.39, 0.29) is 12.0 Å². The van der Waals surface area contributed by atoms with Crippen molar-refractivity contribution in [1.82, 2.24) is 20.4 Å². The van der Waals surface area contributed by atoms with Crippen LogP contribution in [0.5, 0.6) is 0 Å². The molecule has 94 valence electrons. The number of morpholine rings is 1. The van der Waals surface area contributed by atoms with Gasteiger partial charge in [-0.25, -0.2) is 0 Å². The number of hydrogen-bond donors (Lipinski definition) is 2. The zero-order valence-electron chi connectivity index (χ0n) is 9.98. The Hall–Kier alpha value is -1.40. The number of nitrogens with zero attached hydrogens (tertiary/aromatic N) is 2. The molecule has 2 rings (SSSR count). The number of hydrogen-bond acceptors (Lipinski definition) is 4. The smallest absolute Gasteiger partial charge is 0.254 e. The maximum atomic E-state index is 11.7. The molecule has 2 heterocycles. The molecule has 0 radical (unpaired) electrons. The van der Waals surface area contributed by atoms with Crippen LogP contribution in [0.2, 0.25) is 0 Å². The summed E-state index contributed by atoms with van der Waals surface area (Å²) in [5.74, 6) is -0.115. The van der Waals surface area contributed by atoms with E-state index in [1.807, 2.05) is 0 Å². The molecule has 1 fully saturated rings. The summed E-state index contributed by atoms with van der Waals surface area (Å²) in [5.41, 5.74) is 0.549. The first kappa shape index (κ1) is 12.1. The number of H-pyrrole nitrogens is 1. The third-order valence-corrected chi connectivity index (χ3v) is 2.92. The predicted molar refractivity (Wildman–Crippen MR) is 62.8 cm³/mol. The van der Waals surface area contributed by atoms with Crippen molar-refractivity contribution in [2.24, 2.45) is 0 Å². The van der Waals surface area contributed by atoms with Crippen molar-refractivity contribution in [1.29, 1.82) is 0 Å². The summed E-state index contributed by atoms with van der Waals surface area (Å²) in [7, 11) is 0. The molecule has 0 aliphatic carbocycles. The SMILES string of the molecule is CCN1CCOC(CNC(=O)c2cn[nH]c2)C1. The molecule has 1 saturated heterocycles. The van der Waals surface area contributed by atoms with Crippen molar-refractivity contribution < 1.29 is 9.53 Å². The predicted octanol–water partition coefficient (Wildman–Crippen LogP) is -0.140. The van der Waals surface area contributed by atoms with Crippen LogP contribution < -0.4 is 5.32 Å². The van der Waals surface area contributed by atoms with E-state index in [0.717, 1.165) is 26.2 Å². The Morgan fingerprint density at radius 2 is 2.65 bits per heavy atom. The summed E-state index contributed by atoms with van der Waals surface area (Å²) in [4.78, 5) is 14.0. The van der Waals surface area contributed by atoms with Crippen LogP contribution in [-0.2, 0) is 4.74 Å². The van der Waals surface area contributed by atoms with Crippen LogP contribution >= 0.6 is 0 Å². The van der Waals surface area contributed by atoms with Crippen molar-refractivity contribution in [2.45, 2.75) is 13.0 Å². The Labute approximate surface area is 100 Å². The molecule has 0 bridgehead atoms. The van der Waals surface area contributed by atoms with Gasteiger partial charge < -0.3 is 10.1 Å². The van der Waals surface area contributed by atoms with E-state index in [2.05, 4.69) is 27.3 Å². The zero-order chi connectivity index (χ0) is 12.1. The van der Waals surface area contributed by atoms with Gasteiger partial charge in [0.05, 0.1) is 24.5 Å². The number of amides is 1. The van der Waals surface area contributed by atoms with Crippen molar-refractivity contribution in [3.05, 3.63) is 18.0 Å². The highest BCUT2D eigenvalue weighted by Crippen LogP contribution is 2.04. The molecule has 1 aliphatic heterocycles. The third kappa shape index (κ3) is 3.28. The maximum Gasteiger partial charge on any atom is 0.254 e. The molecule has 1 aliphatic rings. The highest BCUT2D eigenvalue weighted by molar-refractivity contribution is 5.93. The lowest BCUT2D eigenvalue weighted by Gasteiger charge is -2.32. The molecule has 2 N–H and O–H groups in total. The van der Waals surface area contributed by atoms with Crippen LogP contribution in [0.4, 0.5) is 0 Å². The van der Waals surface area contributed by atoms with Gasteiger partial charge in [0.15, 0.2) is 0 Å². The Morgan fingerprint density at radius 3 is 3.35 bits per heavy atom. The topological polar surface area (TPSA) is 70.2 Å². The monoisotopic (exact) mass is 238 g/mol. The average molecular weight is 238 g/mol. The van der Waals surface area contributed by atoms with Gasteiger partial charge in [0.2, 0.25) is 0 Å². The number of aromatic nitrogens is 2. The quantitative estimate of drug-likeness (QED) is 0.766. The van der Waals surface area contributed by atoms with Crippen LogP contribution in [0.1, 0.15) is 17.3 Å². The van der Waals surface area contributed by atoms with E-state index in [1.54, 1.807) is 6.20 Å². The Balaban J connectivity index is 1.76. The Bertz CT molecular complexity index is 352. The van der Waals surface area contributed by atoms with Gasteiger partial charge in [0.25, 0.3) is 5.91 Å². The lowest BCUT2D eigenvalue weighted by Crippen LogP contribution is -2.47. The van der Waals surface area contributed by atoms with Crippen LogP contribution in [0.25, 0.3) is 0 Å². The number of carbonyl (C=O) groups is 1. The second kappa shape index (κ2) is 5.79. The number of carbonyl (C=O) groups excluding carboxylic acids is 1. The fourth-order valence-electron chi connectivity index (χ4n) is 1.87. The highest BCUT2D eigenvalue weighted by Gasteiger charge is 2.19. The van der Waals surface area contributed by atoms with Gasteiger partial charge in [-0.3, -0.25) is 14.8 Å². The van der Waals surface area contributed by atoms with E-state index in [0.29, 0.717) is 12.1 Å². The molecule has 17 heavy (non-hydrogen) atoms. The molecular weight excluding hydrogens is 220 g/mol. The Morgan fingerprint density at radius 1 is 1.76 bits per heavy atom. The second-order valence-electron chi connectivity index (χ2n) is 4.08. The summed E-state index contributed by atoms with van der Waals surface area (Å²) in [6.45, 7) is 6.29. The van der Waals surface area contributed by atoms with E-state index in [9.17, 15) is 4.79 Å². The molecule has 0 aromatic carbocycles.